The van der Waals surface area contributed by atoms with E-state index < -0.39 is 5.41 Å². The second-order valence-electron chi connectivity index (χ2n) is 8.64. The number of urea groups is 1. The fourth-order valence-corrected chi connectivity index (χ4v) is 5.23. The van der Waals surface area contributed by atoms with E-state index in [1.807, 2.05) is 24.3 Å². The molecule has 2 fully saturated rings. The molecule has 2 N–H and O–H groups in total. The Balaban J connectivity index is 1.34. The van der Waals surface area contributed by atoms with E-state index in [9.17, 15) is 9.59 Å². The zero-order chi connectivity index (χ0) is 23.7. The number of pyridine rings is 1. The van der Waals surface area contributed by atoms with Gasteiger partial charge in [-0.1, -0.05) is 23.7 Å². The second-order valence-corrected chi connectivity index (χ2v) is 9.08. The van der Waals surface area contributed by atoms with E-state index >= 15 is 0 Å². The Morgan fingerprint density at radius 1 is 1.24 bits per heavy atom. The minimum absolute atomic E-state index is 0.0457. The van der Waals surface area contributed by atoms with Gasteiger partial charge in [0.1, 0.15) is 0 Å². The van der Waals surface area contributed by atoms with Crippen LogP contribution in [-0.4, -0.2) is 46.4 Å². The first-order chi connectivity index (χ1) is 16.5. The number of carbonyl (C=O) groups excluding carboxylic acids is 2. The van der Waals surface area contributed by atoms with Crippen LogP contribution in [0.1, 0.15) is 30.1 Å². The molecule has 3 aliphatic heterocycles. The van der Waals surface area contributed by atoms with Crippen LogP contribution in [0.15, 0.2) is 71.7 Å². The van der Waals surface area contributed by atoms with Gasteiger partial charge in [-0.3, -0.25) is 9.78 Å². The molecule has 0 saturated carbocycles. The molecular weight excluding hydrogens is 452 g/mol. The van der Waals surface area contributed by atoms with E-state index in [1.165, 1.54) is 0 Å². The van der Waals surface area contributed by atoms with Crippen molar-refractivity contribution in [3.63, 3.8) is 0 Å². The van der Waals surface area contributed by atoms with Crippen molar-refractivity contribution in [2.45, 2.75) is 18.9 Å². The molecule has 1 aromatic heterocycles. The van der Waals surface area contributed by atoms with Gasteiger partial charge in [-0.2, -0.15) is 5.26 Å². The predicted octanol–water partition coefficient (Wildman–Crippen LogP) is 3.72. The molecule has 1 spiro atoms. The number of nitriles is 1. The van der Waals surface area contributed by atoms with Gasteiger partial charge in [0.25, 0.3) is 0 Å². The van der Waals surface area contributed by atoms with E-state index in [2.05, 4.69) is 21.7 Å². The lowest BCUT2D eigenvalue weighted by Crippen LogP contribution is -2.66. The lowest BCUT2D eigenvalue weighted by molar-refractivity contribution is -0.174. The highest BCUT2D eigenvalue weighted by atomic mass is 35.5. The highest BCUT2D eigenvalue weighted by Gasteiger charge is 2.63. The van der Waals surface area contributed by atoms with Gasteiger partial charge in [0.05, 0.1) is 40.4 Å². The number of benzene rings is 1. The number of piperidine rings is 1. The highest BCUT2D eigenvalue weighted by Crippen LogP contribution is 2.57. The van der Waals surface area contributed by atoms with Crippen LogP contribution in [0.3, 0.4) is 0 Å². The van der Waals surface area contributed by atoms with Crippen molar-refractivity contribution in [3.05, 3.63) is 82.9 Å². The Hall–Kier alpha value is -3.83. The Kier molecular flexibility index (Phi) is 5.72. The van der Waals surface area contributed by atoms with Crippen molar-refractivity contribution in [2.24, 2.45) is 5.41 Å². The second kappa shape index (κ2) is 8.84. The number of hydrogen-bond donors (Lipinski definition) is 2. The maximum absolute atomic E-state index is 13.6. The number of allylic oxidation sites excluding steroid dienone is 2. The number of likely N-dealkylation sites (tertiary alicyclic amines) is 2. The number of halogens is 1. The number of amides is 3. The molecule has 3 aliphatic rings. The minimum atomic E-state index is -0.611. The monoisotopic (exact) mass is 474 g/mol. The van der Waals surface area contributed by atoms with E-state index in [4.69, 9.17) is 16.9 Å². The van der Waals surface area contributed by atoms with Crippen molar-refractivity contribution >= 4 is 29.2 Å². The number of anilines is 1. The number of carbonyl (C=O) groups is 2. The smallest absolute Gasteiger partial charge is 0.321 e. The third-order valence-electron chi connectivity index (χ3n) is 6.72. The molecule has 8 nitrogen and oxygen atoms in total. The maximum Gasteiger partial charge on any atom is 0.321 e. The van der Waals surface area contributed by atoms with Crippen molar-refractivity contribution in [3.8, 4) is 6.07 Å². The van der Waals surface area contributed by atoms with Crippen LogP contribution >= 0.6 is 11.6 Å². The molecule has 172 valence electrons. The van der Waals surface area contributed by atoms with Gasteiger partial charge in [-0.15, -0.1) is 0 Å². The van der Waals surface area contributed by atoms with Crippen LogP contribution < -0.4 is 10.6 Å². The van der Waals surface area contributed by atoms with Crippen LogP contribution in [0.5, 0.6) is 0 Å². The molecule has 5 rings (SSSR count). The zero-order valence-corrected chi connectivity index (χ0v) is 19.1. The quantitative estimate of drug-likeness (QED) is 0.660. The summed E-state index contributed by atoms with van der Waals surface area (Å²) in [6.45, 7) is 1.41. The van der Waals surface area contributed by atoms with E-state index in [0.29, 0.717) is 48.8 Å². The number of rotatable bonds is 3. The fourth-order valence-electron chi connectivity index (χ4n) is 5.03. The lowest BCUT2D eigenvalue weighted by Gasteiger charge is -2.59. The van der Waals surface area contributed by atoms with E-state index in [0.717, 1.165) is 11.4 Å². The lowest BCUT2D eigenvalue weighted by atomic mass is 9.63. The largest absolute Gasteiger partial charge is 0.384 e. The Bertz CT molecular complexity index is 1230. The first kappa shape index (κ1) is 22.0. The Morgan fingerprint density at radius 3 is 2.76 bits per heavy atom. The first-order valence-electron chi connectivity index (χ1n) is 11.1. The zero-order valence-electron chi connectivity index (χ0n) is 18.4. The van der Waals surface area contributed by atoms with E-state index in [-0.39, 0.29) is 18.0 Å². The standard InChI is InChI=1S/C25H23ClN6O2/c26-18-13-20(16-28-15-18)32-22(21-6-1-2-9-29-21)25(23(32)33)7-10-31(11-8-25)24(34)30-19-5-3-4-17(12-19)14-27/h1-6,9,12-13,15,22,28H,7-8,10-11,16H2,(H,30,34). The molecule has 0 radical (unpaired) electrons. The third-order valence-corrected chi connectivity index (χ3v) is 6.94. The average Bonchev–Trinajstić information content (AvgIpc) is 2.87. The molecule has 3 amide bonds. The summed E-state index contributed by atoms with van der Waals surface area (Å²) >= 11 is 6.19. The SMILES string of the molecule is N#Cc1cccc(NC(=O)N2CCC3(CC2)C(=O)N(C2=CC(Cl)=CNC2)C3c2ccccn2)c1. The van der Waals surface area contributed by atoms with Gasteiger partial charge < -0.3 is 20.4 Å². The van der Waals surface area contributed by atoms with Crippen molar-refractivity contribution in [1.29, 1.82) is 5.26 Å². The average molecular weight is 475 g/mol. The van der Waals surface area contributed by atoms with Crippen molar-refractivity contribution in [1.82, 2.24) is 20.1 Å². The molecule has 1 atom stereocenters. The van der Waals surface area contributed by atoms with Gasteiger partial charge >= 0.3 is 6.03 Å². The topological polar surface area (TPSA) is 101 Å². The Labute approximate surface area is 202 Å². The molecule has 9 heteroatoms. The van der Waals surface area contributed by atoms with Gasteiger partial charge in [-0.25, -0.2) is 4.79 Å². The van der Waals surface area contributed by atoms with Gasteiger partial charge in [-0.05, 0) is 49.2 Å². The van der Waals surface area contributed by atoms with Crippen LogP contribution in [-0.2, 0) is 4.79 Å². The molecule has 2 aromatic rings. The van der Waals surface area contributed by atoms with Crippen LogP contribution in [0.4, 0.5) is 10.5 Å². The highest BCUT2D eigenvalue weighted by molar-refractivity contribution is 6.31. The summed E-state index contributed by atoms with van der Waals surface area (Å²) in [6.07, 6.45) is 6.35. The molecule has 0 bridgehead atoms. The fraction of sp³-hybridized carbons (Fsp3) is 0.280. The summed E-state index contributed by atoms with van der Waals surface area (Å²) in [5, 5.41) is 15.6. The number of β-lactam (4-membered cyclic amide) rings is 1. The predicted molar refractivity (Wildman–Crippen MR) is 127 cm³/mol. The van der Waals surface area contributed by atoms with Gasteiger partial charge in [0, 0.05) is 36.9 Å². The number of aromatic nitrogens is 1. The molecule has 1 aromatic carbocycles. The number of nitrogens with one attached hydrogen (secondary N) is 2. The molecule has 2 saturated heterocycles. The summed E-state index contributed by atoms with van der Waals surface area (Å²) in [5.41, 5.74) is 2.09. The Morgan fingerprint density at radius 2 is 2.06 bits per heavy atom. The third kappa shape index (κ3) is 3.78. The summed E-state index contributed by atoms with van der Waals surface area (Å²) in [6, 6.07) is 14.2. The van der Waals surface area contributed by atoms with Gasteiger partial charge in [0.15, 0.2) is 0 Å². The first-order valence-corrected chi connectivity index (χ1v) is 11.5. The molecule has 4 heterocycles. The van der Waals surface area contributed by atoms with Gasteiger partial charge in [0.2, 0.25) is 5.91 Å². The normalized spacial score (nSPS) is 21.1. The van der Waals surface area contributed by atoms with E-state index in [1.54, 1.807) is 46.5 Å². The van der Waals surface area contributed by atoms with Crippen molar-refractivity contribution < 1.29 is 9.59 Å². The summed E-state index contributed by atoms with van der Waals surface area (Å²) in [5.74, 6) is 0.0457. The molecular formula is C25H23ClN6O2. The summed E-state index contributed by atoms with van der Waals surface area (Å²) in [7, 11) is 0. The summed E-state index contributed by atoms with van der Waals surface area (Å²) in [4.78, 5) is 34.5. The van der Waals surface area contributed by atoms with Crippen molar-refractivity contribution in [2.75, 3.05) is 25.0 Å². The number of dihydropyridines is 1. The molecule has 1 unspecified atom stereocenters. The van der Waals surface area contributed by atoms with Crippen LogP contribution in [0.25, 0.3) is 0 Å². The summed E-state index contributed by atoms with van der Waals surface area (Å²) < 4.78 is 0. The van der Waals surface area contributed by atoms with Crippen LogP contribution in [0, 0.1) is 16.7 Å². The van der Waals surface area contributed by atoms with Crippen LogP contribution in [0.2, 0.25) is 0 Å². The molecule has 34 heavy (non-hydrogen) atoms. The molecule has 0 aliphatic carbocycles. The number of nitrogens with zero attached hydrogens (tertiary/aromatic N) is 4. The maximum atomic E-state index is 13.6. The number of hydrogen-bond acceptors (Lipinski definition) is 5. The minimum Gasteiger partial charge on any atom is -0.384 e.